The number of rotatable bonds is 5. The fourth-order valence-corrected chi connectivity index (χ4v) is 3.80. The molecule has 5 nitrogen and oxygen atoms in total. The molecule has 0 heterocycles. The lowest BCUT2D eigenvalue weighted by molar-refractivity contribution is 0.0948. The largest absolute Gasteiger partial charge is 0.352 e. The number of carbonyl (C=O) groups is 1. The number of hydrogen-bond acceptors (Lipinski definition) is 3. The van der Waals surface area contributed by atoms with Crippen LogP contribution in [-0.4, -0.2) is 20.9 Å². The molecule has 0 aromatic heterocycles. The average molecular weight is 362 g/mol. The average Bonchev–Trinajstić information content (AvgIpc) is 2.97. The summed E-state index contributed by atoms with van der Waals surface area (Å²) in [4.78, 5) is 11.9. The van der Waals surface area contributed by atoms with Gasteiger partial charge in [0.05, 0.1) is 10.5 Å². The number of carbonyl (C=O) groups excluding carboxylic acids is 1. The molecular weight excluding hydrogens is 343 g/mol. The first-order valence-electron chi connectivity index (χ1n) is 8.04. The first-order chi connectivity index (χ1) is 11.9. The van der Waals surface area contributed by atoms with Gasteiger partial charge in [-0.3, -0.25) is 4.79 Å². The molecule has 1 amide bonds. The number of halogens is 1. The highest BCUT2D eigenvalue weighted by Crippen LogP contribution is 2.34. The predicted molar refractivity (Wildman–Crippen MR) is 92.2 cm³/mol. The molecular formula is C18H19FN2O3S. The van der Waals surface area contributed by atoms with E-state index in [9.17, 15) is 17.6 Å². The Bertz CT molecular complexity index is 912. The number of sulfonamides is 1. The Morgan fingerprint density at radius 1 is 1.24 bits per heavy atom. The van der Waals surface area contributed by atoms with Crippen LogP contribution in [0.15, 0.2) is 47.4 Å². The van der Waals surface area contributed by atoms with Crippen molar-refractivity contribution >= 4 is 15.9 Å². The van der Waals surface area contributed by atoms with Gasteiger partial charge >= 0.3 is 0 Å². The lowest BCUT2D eigenvalue weighted by atomic mass is 9.98. The molecule has 0 saturated carbocycles. The molecule has 132 valence electrons. The van der Waals surface area contributed by atoms with Crippen LogP contribution < -0.4 is 10.5 Å². The van der Waals surface area contributed by atoms with Crippen LogP contribution in [0.2, 0.25) is 0 Å². The third kappa shape index (κ3) is 3.88. The van der Waals surface area contributed by atoms with Gasteiger partial charge in [-0.2, -0.15) is 0 Å². The smallest absolute Gasteiger partial charge is 0.254 e. The summed E-state index contributed by atoms with van der Waals surface area (Å²) in [6, 6.07) is 11.2. The normalized spacial score (nSPS) is 16.5. The Labute approximate surface area is 146 Å². The van der Waals surface area contributed by atoms with Gasteiger partial charge in [0.2, 0.25) is 10.0 Å². The second-order valence-electron chi connectivity index (χ2n) is 6.17. The van der Waals surface area contributed by atoms with E-state index in [2.05, 4.69) is 17.4 Å². The van der Waals surface area contributed by atoms with Gasteiger partial charge in [0.25, 0.3) is 5.91 Å². The number of aryl methyl sites for hydroxylation is 1. The van der Waals surface area contributed by atoms with Gasteiger partial charge in [0, 0.05) is 6.54 Å². The minimum atomic E-state index is -3.99. The van der Waals surface area contributed by atoms with Crippen molar-refractivity contribution in [2.24, 2.45) is 5.14 Å². The van der Waals surface area contributed by atoms with Crippen molar-refractivity contribution in [3.8, 4) is 0 Å². The SMILES string of the molecule is NS(=O)(=O)c1ccc(F)c(C(=O)NCCC2CCc3ccccc32)c1. The zero-order chi connectivity index (χ0) is 18.0. The third-order valence-corrected chi connectivity index (χ3v) is 5.46. The van der Waals surface area contributed by atoms with Gasteiger partial charge in [-0.1, -0.05) is 24.3 Å². The van der Waals surface area contributed by atoms with Crippen molar-refractivity contribution in [3.05, 3.63) is 65.0 Å². The van der Waals surface area contributed by atoms with E-state index in [1.807, 2.05) is 12.1 Å². The van der Waals surface area contributed by atoms with Crippen LogP contribution in [0, 0.1) is 5.82 Å². The van der Waals surface area contributed by atoms with Crippen molar-refractivity contribution < 1.29 is 17.6 Å². The zero-order valence-corrected chi connectivity index (χ0v) is 14.4. The van der Waals surface area contributed by atoms with Gasteiger partial charge in [-0.05, 0) is 54.5 Å². The summed E-state index contributed by atoms with van der Waals surface area (Å²) in [5, 5.41) is 7.68. The molecule has 3 rings (SSSR count). The molecule has 0 aliphatic heterocycles. The Balaban J connectivity index is 1.64. The van der Waals surface area contributed by atoms with Gasteiger partial charge in [0.1, 0.15) is 5.82 Å². The van der Waals surface area contributed by atoms with Gasteiger partial charge in [-0.25, -0.2) is 17.9 Å². The van der Waals surface area contributed by atoms with Crippen LogP contribution in [0.3, 0.4) is 0 Å². The summed E-state index contributed by atoms with van der Waals surface area (Å²) >= 11 is 0. The van der Waals surface area contributed by atoms with Gasteiger partial charge < -0.3 is 5.32 Å². The Morgan fingerprint density at radius 2 is 2.00 bits per heavy atom. The molecule has 3 N–H and O–H groups in total. The number of fused-ring (bicyclic) bond motifs is 1. The van der Waals surface area contributed by atoms with E-state index in [-0.39, 0.29) is 10.5 Å². The summed E-state index contributed by atoms with van der Waals surface area (Å²) in [6.07, 6.45) is 2.81. The quantitative estimate of drug-likeness (QED) is 0.855. The molecule has 0 saturated heterocycles. The fraction of sp³-hybridized carbons (Fsp3) is 0.278. The van der Waals surface area contributed by atoms with Gasteiger partial charge in [-0.15, -0.1) is 0 Å². The highest BCUT2D eigenvalue weighted by atomic mass is 32.2. The van der Waals surface area contributed by atoms with E-state index in [1.54, 1.807) is 0 Å². The molecule has 0 spiro atoms. The highest BCUT2D eigenvalue weighted by Gasteiger charge is 2.22. The molecule has 2 aromatic rings. The maximum absolute atomic E-state index is 13.8. The van der Waals surface area contributed by atoms with Crippen LogP contribution in [0.1, 0.15) is 40.2 Å². The van der Waals surface area contributed by atoms with Crippen molar-refractivity contribution in [3.63, 3.8) is 0 Å². The van der Waals surface area contributed by atoms with Crippen molar-refractivity contribution in [2.45, 2.75) is 30.1 Å². The summed E-state index contributed by atoms with van der Waals surface area (Å²) < 4.78 is 36.5. The molecule has 7 heteroatoms. The number of nitrogens with one attached hydrogen (secondary N) is 1. The van der Waals surface area contributed by atoms with E-state index in [4.69, 9.17) is 5.14 Å². The maximum atomic E-state index is 13.8. The summed E-state index contributed by atoms with van der Waals surface area (Å²) in [5.41, 5.74) is 2.32. The van der Waals surface area contributed by atoms with E-state index in [0.29, 0.717) is 12.5 Å². The van der Waals surface area contributed by atoms with Crippen LogP contribution in [-0.2, 0) is 16.4 Å². The number of amides is 1. The summed E-state index contributed by atoms with van der Waals surface area (Å²) in [5.74, 6) is -1.05. The second-order valence-corrected chi connectivity index (χ2v) is 7.73. The number of benzene rings is 2. The first-order valence-corrected chi connectivity index (χ1v) is 9.59. The van der Waals surface area contributed by atoms with Crippen molar-refractivity contribution in [1.82, 2.24) is 5.32 Å². The van der Waals surface area contributed by atoms with Crippen LogP contribution in [0.5, 0.6) is 0 Å². The number of nitrogens with two attached hydrogens (primary N) is 1. The van der Waals surface area contributed by atoms with Crippen molar-refractivity contribution in [2.75, 3.05) is 6.54 Å². The van der Waals surface area contributed by atoms with E-state index >= 15 is 0 Å². The molecule has 1 atom stereocenters. The maximum Gasteiger partial charge on any atom is 0.254 e. The molecule has 0 bridgehead atoms. The van der Waals surface area contributed by atoms with Crippen molar-refractivity contribution in [1.29, 1.82) is 0 Å². The first kappa shape index (κ1) is 17.6. The molecule has 1 aliphatic carbocycles. The van der Waals surface area contributed by atoms with E-state index in [1.165, 1.54) is 11.1 Å². The zero-order valence-electron chi connectivity index (χ0n) is 13.5. The van der Waals surface area contributed by atoms with Crippen LogP contribution in [0.25, 0.3) is 0 Å². The second kappa shape index (κ2) is 6.93. The number of hydrogen-bond donors (Lipinski definition) is 2. The molecule has 1 aliphatic rings. The minimum Gasteiger partial charge on any atom is -0.352 e. The van der Waals surface area contributed by atoms with Crippen LogP contribution in [0.4, 0.5) is 4.39 Å². The van der Waals surface area contributed by atoms with Crippen LogP contribution >= 0.6 is 0 Å². The van der Waals surface area contributed by atoms with Gasteiger partial charge in [0.15, 0.2) is 0 Å². The molecule has 0 radical (unpaired) electrons. The van der Waals surface area contributed by atoms with E-state index < -0.39 is 21.7 Å². The Hall–Kier alpha value is -2.25. The Morgan fingerprint density at radius 3 is 2.76 bits per heavy atom. The lowest BCUT2D eigenvalue weighted by Gasteiger charge is -2.12. The molecule has 2 aromatic carbocycles. The lowest BCUT2D eigenvalue weighted by Crippen LogP contribution is -2.27. The monoisotopic (exact) mass is 362 g/mol. The summed E-state index contributed by atoms with van der Waals surface area (Å²) in [7, 11) is -3.99. The summed E-state index contributed by atoms with van der Waals surface area (Å²) in [6.45, 7) is 0.386. The van der Waals surface area contributed by atoms with E-state index in [0.717, 1.165) is 37.5 Å². The standard InChI is InChI=1S/C18H19FN2O3S/c19-17-8-7-14(25(20,23)24)11-16(17)18(22)21-10-9-13-6-5-12-3-1-2-4-15(12)13/h1-4,7-8,11,13H,5-6,9-10H2,(H,21,22)(H2,20,23,24). The molecule has 25 heavy (non-hydrogen) atoms. The topological polar surface area (TPSA) is 89.3 Å². The molecule has 1 unspecified atom stereocenters. The predicted octanol–water partition coefficient (Wildman–Crippen LogP) is 2.32. The third-order valence-electron chi connectivity index (χ3n) is 4.55. The fourth-order valence-electron chi connectivity index (χ4n) is 3.26. The molecule has 0 fully saturated rings. The number of primary sulfonamides is 1. The minimum absolute atomic E-state index is 0.288. The Kier molecular flexibility index (Phi) is 4.87. The highest BCUT2D eigenvalue weighted by molar-refractivity contribution is 7.89.